The Morgan fingerprint density at radius 2 is 2.15 bits per heavy atom. The minimum atomic E-state index is -0.151. The molecule has 0 radical (unpaired) electrons. The van der Waals surface area contributed by atoms with E-state index >= 15 is 0 Å². The molecule has 6 heteroatoms. The van der Waals surface area contributed by atoms with Crippen LogP contribution < -0.4 is 16.2 Å². The van der Waals surface area contributed by atoms with Crippen molar-refractivity contribution in [3.8, 4) is 0 Å². The first-order valence-corrected chi connectivity index (χ1v) is 7.36. The fourth-order valence-electron chi connectivity index (χ4n) is 3.69. The van der Waals surface area contributed by atoms with Gasteiger partial charge in [0.15, 0.2) is 0 Å². The zero-order valence-corrected chi connectivity index (χ0v) is 12.1. The van der Waals surface area contributed by atoms with Gasteiger partial charge in [-0.3, -0.25) is 0 Å². The predicted molar refractivity (Wildman–Crippen MR) is 78.4 cm³/mol. The molecule has 3 rings (SSSR count). The Morgan fingerprint density at radius 3 is 2.80 bits per heavy atom. The third-order valence-electron chi connectivity index (χ3n) is 4.70. The summed E-state index contributed by atoms with van der Waals surface area (Å²) in [5.41, 5.74) is 3.73. The molecule has 6 nitrogen and oxygen atoms in total. The molecule has 0 bridgehead atoms. The van der Waals surface area contributed by atoms with Crippen molar-refractivity contribution in [2.45, 2.75) is 38.7 Å². The Bertz CT molecular complexity index is 492. The number of nitrogens with zero attached hydrogens (tertiary/aromatic N) is 3. The van der Waals surface area contributed by atoms with E-state index in [1.165, 1.54) is 0 Å². The van der Waals surface area contributed by atoms with Crippen molar-refractivity contribution in [3.05, 3.63) is 11.9 Å². The summed E-state index contributed by atoms with van der Waals surface area (Å²) in [5.74, 6) is 8.50. The van der Waals surface area contributed by atoms with Gasteiger partial charge in [-0.1, -0.05) is 13.8 Å². The monoisotopic (exact) mass is 277 g/mol. The molecule has 110 valence electrons. The summed E-state index contributed by atoms with van der Waals surface area (Å²) in [7, 11) is 0. The van der Waals surface area contributed by atoms with E-state index in [0.29, 0.717) is 23.6 Å². The molecule has 0 spiro atoms. The molecule has 2 fully saturated rings. The fourth-order valence-corrected chi connectivity index (χ4v) is 3.69. The van der Waals surface area contributed by atoms with Crippen molar-refractivity contribution in [1.82, 2.24) is 9.97 Å². The summed E-state index contributed by atoms with van der Waals surface area (Å²) in [6.07, 6.45) is 3.47. The summed E-state index contributed by atoms with van der Waals surface area (Å²) < 4.78 is 0. The molecule has 20 heavy (non-hydrogen) atoms. The fraction of sp³-hybridized carbons (Fsp3) is 0.714. The number of hydrazine groups is 1. The molecular formula is C14H23N5O. The molecule has 1 aliphatic heterocycles. The van der Waals surface area contributed by atoms with Gasteiger partial charge in [-0.25, -0.2) is 15.8 Å². The van der Waals surface area contributed by atoms with E-state index in [4.69, 9.17) is 5.84 Å². The number of fused-ring (bicyclic) bond motifs is 1. The molecule has 1 aromatic rings. The topological polar surface area (TPSA) is 87.3 Å². The molecule has 3 unspecified atom stereocenters. The summed E-state index contributed by atoms with van der Waals surface area (Å²) in [6, 6.07) is 0. The highest BCUT2D eigenvalue weighted by molar-refractivity contribution is 5.60. The molecule has 2 aliphatic rings. The van der Waals surface area contributed by atoms with E-state index in [-0.39, 0.29) is 6.10 Å². The molecular weight excluding hydrogens is 254 g/mol. The van der Waals surface area contributed by atoms with Gasteiger partial charge in [0.25, 0.3) is 0 Å². The predicted octanol–water partition coefficient (Wildman–Crippen LogP) is 1.09. The number of hydrogen-bond acceptors (Lipinski definition) is 6. The van der Waals surface area contributed by atoms with Gasteiger partial charge in [0.2, 0.25) is 0 Å². The van der Waals surface area contributed by atoms with E-state index in [1.807, 2.05) is 0 Å². The highest BCUT2D eigenvalue weighted by Crippen LogP contribution is 2.41. The molecule has 1 saturated carbocycles. The number of anilines is 2. The normalized spacial score (nSPS) is 29.1. The third kappa shape index (κ3) is 2.13. The molecule has 0 amide bonds. The van der Waals surface area contributed by atoms with Crippen LogP contribution in [0.3, 0.4) is 0 Å². The number of nitrogen functional groups attached to an aromatic ring is 1. The van der Waals surface area contributed by atoms with Crippen LogP contribution >= 0.6 is 0 Å². The zero-order valence-electron chi connectivity index (χ0n) is 12.1. The van der Waals surface area contributed by atoms with Crippen LogP contribution in [0.15, 0.2) is 6.33 Å². The van der Waals surface area contributed by atoms with Crippen LogP contribution in [-0.4, -0.2) is 34.3 Å². The van der Waals surface area contributed by atoms with Gasteiger partial charge in [-0.2, -0.15) is 0 Å². The van der Waals surface area contributed by atoms with E-state index in [0.717, 1.165) is 37.3 Å². The van der Waals surface area contributed by atoms with Gasteiger partial charge in [-0.05, 0) is 24.7 Å². The van der Waals surface area contributed by atoms with Crippen LogP contribution in [0.4, 0.5) is 11.6 Å². The van der Waals surface area contributed by atoms with Crippen LogP contribution in [0.1, 0.15) is 38.2 Å². The number of aliphatic hydroxyl groups excluding tert-OH is 1. The standard InChI is InChI=1S/C14H23N5O/c1-8(2)12-13(18-15)16-7-17-14(12)19-5-9-3-4-11(20)10(9)6-19/h7-11,20H,3-6,15H2,1-2H3,(H,16,17,18). The Kier molecular flexibility index (Phi) is 3.52. The summed E-state index contributed by atoms with van der Waals surface area (Å²) in [5, 5.41) is 10.1. The van der Waals surface area contributed by atoms with Crippen LogP contribution in [0.5, 0.6) is 0 Å². The van der Waals surface area contributed by atoms with Crippen molar-refractivity contribution >= 4 is 11.6 Å². The summed E-state index contributed by atoms with van der Waals surface area (Å²) in [6.45, 7) is 6.10. The minimum Gasteiger partial charge on any atom is -0.393 e. The number of nitrogens with two attached hydrogens (primary N) is 1. The highest BCUT2D eigenvalue weighted by Gasteiger charge is 2.42. The van der Waals surface area contributed by atoms with Crippen LogP contribution in [0.25, 0.3) is 0 Å². The van der Waals surface area contributed by atoms with Crippen molar-refractivity contribution in [2.24, 2.45) is 17.7 Å². The first kappa shape index (κ1) is 13.6. The zero-order chi connectivity index (χ0) is 14.3. The van der Waals surface area contributed by atoms with Gasteiger partial charge >= 0.3 is 0 Å². The SMILES string of the molecule is CC(C)c1c(NN)ncnc1N1CC2CCC(O)C2C1. The van der Waals surface area contributed by atoms with Crippen LogP contribution in [0.2, 0.25) is 0 Å². The lowest BCUT2D eigenvalue weighted by molar-refractivity contribution is 0.133. The molecule has 1 saturated heterocycles. The molecule has 0 aromatic carbocycles. The smallest absolute Gasteiger partial charge is 0.148 e. The maximum atomic E-state index is 10.1. The Labute approximate surface area is 119 Å². The van der Waals surface area contributed by atoms with Gasteiger partial charge in [0.05, 0.1) is 6.10 Å². The summed E-state index contributed by atoms with van der Waals surface area (Å²) >= 11 is 0. The number of aromatic nitrogens is 2. The third-order valence-corrected chi connectivity index (χ3v) is 4.70. The number of aliphatic hydroxyl groups is 1. The summed E-state index contributed by atoms with van der Waals surface area (Å²) in [4.78, 5) is 11.0. The first-order chi connectivity index (χ1) is 9.61. The van der Waals surface area contributed by atoms with Crippen LogP contribution in [0, 0.1) is 11.8 Å². The van der Waals surface area contributed by atoms with E-state index in [2.05, 4.69) is 34.1 Å². The molecule has 1 aliphatic carbocycles. The molecule has 1 aromatic heterocycles. The van der Waals surface area contributed by atoms with E-state index in [9.17, 15) is 5.11 Å². The van der Waals surface area contributed by atoms with E-state index in [1.54, 1.807) is 6.33 Å². The molecule has 3 atom stereocenters. The second kappa shape index (κ2) is 5.18. The van der Waals surface area contributed by atoms with Crippen molar-refractivity contribution < 1.29 is 5.11 Å². The highest BCUT2D eigenvalue weighted by atomic mass is 16.3. The average Bonchev–Trinajstić information content (AvgIpc) is 3.00. The van der Waals surface area contributed by atoms with Crippen molar-refractivity contribution in [1.29, 1.82) is 0 Å². The Hall–Kier alpha value is -1.40. The number of nitrogens with one attached hydrogen (secondary N) is 1. The number of rotatable bonds is 3. The van der Waals surface area contributed by atoms with Gasteiger partial charge in [0, 0.05) is 24.6 Å². The van der Waals surface area contributed by atoms with Crippen molar-refractivity contribution in [3.63, 3.8) is 0 Å². The maximum absolute atomic E-state index is 10.1. The molecule has 2 heterocycles. The second-order valence-corrected chi connectivity index (χ2v) is 6.23. The van der Waals surface area contributed by atoms with Crippen LogP contribution in [-0.2, 0) is 0 Å². The first-order valence-electron chi connectivity index (χ1n) is 7.36. The van der Waals surface area contributed by atoms with Gasteiger partial charge in [0.1, 0.15) is 18.0 Å². The lowest BCUT2D eigenvalue weighted by atomic mass is 10.00. The minimum absolute atomic E-state index is 0.151. The second-order valence-electron chi connectivity index (χ2n) is 6.23. The van der Waals surface area contributed by atoms with Crippen molar-refractivity contribution in [2.75, 3.05) is 23.4 Å². The van der Waals surface area contributed by atoms with Gasteiger partial charge in [-0.15, -0.1) is 0 Å². The maximum Gasteiger partial charge on any atom is 0.148 e. The van der Waals surface area contributed by atoms with E-state index < -0.39 is 0 Å². The lowest BCUT2D eigenvalue weighted by Crippen LogP contribution is -2.27. The average molecular weight is 277 g/mol. The Balaban J connectivity index is 1.91. The largest absolute Gasteiger partial charge is 0.393 e. The van der Waals surface area contributed by atoms with Gasteiger partial charge < -0.3 is 15.4 Å². The quantitative estimate of drug-likeness (QED) is 0.566. The number of hydrogen-bond donors (Lipinski definition) is 3. The lowest BCUT2D eigenvalue weighted by Gasteiger charge is -2.24. The molecule has 4 N–H and O–H groups in total. The Morgan fingerprint density at radius 1 is 1.35 bits per heavy atom.